The van der Waals surface area contributed by atoms with E-state index in [4.69, 9.17) is 4.74 Å². The molecule has 0 aliphatic rings. The van der Waals surface area contributed by atoms with Gasteiger partial charge in [-0.3, -0.25) is 4.79 Å². The quantitative estimate of drug-likeness (QED) is 0.405. The van der Waals surface area contributed by atoms with Gasteiger partial charge in [0.2, 0.25) is 5.91 Å². The Kier molecular flexibility index (Phi) is 6.17. The fourth-order valence-corrected chi connectivity index (χ4v) is 4.87. The van der Waals surface area contributed by atoms with E-state index in [0.717, 1.165) is 39.2 Å². The van der Waals surface area contributed by atoms with Crippen LogP contribution in [0.1, 0.15) is 19.4 Å². The number of carbonyl (C=O) groups excluding carboxylic acids is 1. The van der Waals surface area contributed by atoms with Crippen LogP contribution in [0.4, 0.5) is 5.69 Å². The van der Waals surface area contributed by atoms with E-state index in [2.05, 4.69) is 67.5 Å². The number of nitrogens with one attached hydrogen (secondary N) is 2. The Labute approximate surface area is 179 Å². The smallest absolute Gasteiger partial charge is 0.247 e. The van der Waals surface area contributed by atoms with Crippen LogP contribution in [0.3, 0.4) is 0 Å². The van der Waals surface area contributed by atoms with Crippen LogP contribution >= 0.6 is 0 Å². The van der Waals surface area contributed by atoms with Crippen LogP contribution in [0.5, 0.6) is 5.75 Å². The average molecular weight is 422 g/mol. The van der Waals surface area contributed by atoms with Crippen molar-refractivity contribution in [1.29, 1.82) is 0 Å². The Balaban J connectivity index is 2.19. The fraction of sp³-hybridized carbons (Fsp3) is 0.333. The lowest BCUT2D eigenvalue weighted by molar-refractivity contribution is -0.111. The summed E-state index contributed by atoms with van der Waals surface area (Å²) in [5.74, 6) is 0.994. The maximum atomic E-state index is 11.9. The van der Waals surface area contributed by atoms with Crippen molar-refractivity contribution in [2.24, 2.45) is 5.92 Å². The highest BCUT2D eigenvalue weighted by Gasteiger charge is 2.26. The van der Waals surface area contributed by atoms with Crippen LogP contribution in [0.25, 0.3) is 22.2 Å². The molecular weight excluding hydrogens is 390 g/mol. The predicted octanol–water partition coefficient (Wildman–Crippen LogP) is 5.24. The summed E-state index contributed by atoms with van der Waals surface area (Å²) in [4.78, 5) is 20.1. The number of pyridine rings is 1. The molecule has 2 aromatic heterocycles. The minimum Gasteiger partial charge on any atom is -0.492 e. The molecule has 2 N–H and O–H groups in total. The molecule has 158 valence electrons. The van der Waals surface area contributed by atoms with Crippen molar-refractivity contribution in [1.82, 2.24) is 9.97 Å². The molecule has 0 unspecified atom stereocenters. The second kappa shape index (κ2) is 8.48. The van der Waals surface area contributed by atoms with Crippen molar-refractivity contribution >= 4 is 36.0 Å². The third-order valence-corrected chi connectivity index (χ3v) is 6.80. The summed E-state index contributed by atoms with van der Waals surface area (Å²) in [5.41, 5.74) is 4.83. The SMILES string of the molecule is C=CC(=O)Nc1cc(-c2c([Si](C)(C)C)[nH]c3ncc(OCC(C)C)cc23)ccc1C. The number of aromatic nitrogens is 2. The number of nitrogens with zero attached hydrogens (tertiary/aromatic N) is 1. The van der Waals surface area contributed by atoms with Gasteiger partial charge >= 0.3 is 0 Å². The van der Waals surface area contributed by atoms with Crippen LogP contribution in [0.15, 0.2) is 43.1 Å². The third-order valence-electron chi connectivity index (χ3n) is 4.93. The Bertz CT molecular complexity index is 1090. The van der Waals surface area contributed by atoms with Crippen molar-refractivity contribution in [2.45, 2.75) is 40.4 Å². The summed E-state index contributed by atoms with van der Waals surface area (Å²) in [6.07, 6.45) is 3.07. The minimum atomic E-state index is -1.71. The van der Waals surface area contributed by atoms with Crippen molar-refractivity contribution < 1.29 is 9.53 Å². The van der Waals surface area contributed by atoms with Gasteiger partial charge in [-0.25, -0.2) is 4.98 Å². The number of benzene rings is 1. The Morgan fingerprint density at radius 3 is 2.67 bits per heavy atom. The number of hydrogen-bond donors (Lipinski definition) is 2. The Morgan fingerprint density at radius 2 is 2.03 bits per heavy atom. The van der Waals surface area contributed by atoms with Crippen molar-refractivity contribution in [3.8, 4) is 16.9 Å². The predicted molar refractivity (Wildman–Crippen MR) is 128 cm³/mol. The van der Waals surface area contributed by atoms with Crippen LogP contribution in [-0.4, -0.2) is 30.6 Å². The van der Waals surface area contributed by atoms with Crippen LogP contribution in [-0.2, 0) is 4.79 Å². The van der Waals surface area contributed by atoms with Gasteiger partial charge in [0, 0.05) is 22.0 Å². The summed E-state index contributed by atoms with van der Waals surface area (Å²) in [5, 5.41) is 5.19. The first-order valence-electron chi connectivity index (χ1n) is 10.3. The highest BCUT2D eigenvalue weighted by atomic mass is 28.3. The molecule has 2 heterocycles. The van der Waals surface area contributed by atoms with Gasteiger partial charge < -0.3 is 15.0 Å². The van der Waals surface area contributed by atoms with Crippen molar-refractivity contribution in [3.05, 3.63) is 48.7 Å². The molecule has 0 saturated heterocycles. The van der Waals surface area contributed by atoms with E-state index in [1.165, 1.54) is 11.4 Å². The van der Waals surface area contributed by atoms with E-state index in [9.17, 15) is 4.79 Å². The first-order chi connectivity index (χ1) is 14.1. The van der Waals surface area contributed by atoms with Gasteiger partial charge in [-0.15, -0.1) is 0 Å². The van der Waals surface area contributed by atoms with E-state index < -0.39 is 8.07 Å². The molecule has 0 spiro atoms. The zero-order valence-electron chi connectivity index (χ0n) is 18.7. The molecule has 1 aromatic carbocycles. The van der Waals surface area contributed by atoms with Gasteiger partial charge in [-0.05, 0) is 42.2 Å². The highest BCUT2D eigenvalue weighted by molar-refractivity contribution is 6.89. The summed E-state index contributed by atoms with van der Waals surface area (Å²) in [7, 11) is -1.71. The number of aryl methyl sites for hydroxylation is 1. The zero-order chi connectivity index (χ0) is 22.1. The van der Waals surface area contributed by atoms with E-state index >= 15 is 0 Å². The third kappa shape index (κ3) is 4.65. The summed E-state index contributed by atoms with van der Waals surface area (Å²) in [6.45, 7) is 17.4. The number of hydrogen-bond acceptors (Lipinski definition) is 3. The van der Waals surface area contributed by atoms with E-state index in [1.54, 1.807) is 6.20 Å². The van der Waals surface area contributed by atoms with Gasteiger partial charge in [-0.1, -0.05) is 52.2 Å². The molecule has 6 heteroatoms. The van der Waals surface area contributed by atoms with Gasteiger partial charge in [0.25, 0.3) is 0 Å². The lowest BCUT2D eigenvalue weighted by Gasteiger charge is -2.18. The number of aromatic amines is 1. The van der Waals surface area contributed by atoms with Gasteiger partial charge in [-0.2, -0.15) is 0 Å². The summed E-state index contributed by atoms with van der Waals surface area (Å²) < 4.78 is 5.94. The molecule has 3 aromatic rings. The maximum absolute atomic E-state index is 11.9. The lowest BCUT2D eigenvalue weighted by Crippen LogP contribution is -2.39. The van der Waals surface area contributed by atoms with Crippen molar-refractivity contribution in [3.63, 3.8) is 0 Å². The molecule has 0 radical (unpaired) electrons. The summed E-state index contributed by atoms with van der Waals surface area (Å²) >= 11 is 0. The zero-order valence-corrected chi connectivity index (χ0v) is 19.7. The molecule has 0 aliphatic heterocycles. The number of ether oxygens (including phenoxy) is 1. The number of fused-ring (bicyclic) bond motifs is 1. The number of anilines is 1. The normalized spacial score (nSPS) is 11.7. The number of H-pyrrole nitrogens is 1. The molecule has 0 aliphatic carbocycles. The largest absolute Gasteiger partial charge is 0.492 e. The molecule has 3 rings (SSSR count). The van der Waals surface area contributed by atoms with E-state index in [0.29, 0.717) is 12.5 Å². The minimum absolute atomic E-state index is 0.217. The molecular formula is C24H31N3O2Si. The van der Waals surface area contributed by atoms with Crippen LogP contribution < -0.4 is 15.4 Å². The fourth-order valence-electron chi connectivity index (χ4n) is 3.35. The molecule has 5 nitrogen and oxygen atoms in total. The van der Waals surface area contributed by atoms with Gasteiger partial charge in [0.15, 0.2) is 0 Å². The van der Waals surface area contributed by atoms with Gasteiger partial charge in [0.1, 0.15) is 11.4 Å². The first kappa shape index (κ1) is 21.8. The molecule has 0 fully saturated rings. The van der Waals surface area contributed by atoms with E-state index in [-0.39, 0.29) is 5.91 Å². The first-order valence-corrected chi connectivity index (χ1v) is 13.8. The monoisotopic (exact) mass is 421 g/mol. The second-order valence-corrected chi connectivity index (χ2v) is 14.1. The maximum Gasteiger partial charge on any atom is 0.247 e. The molecule has 0 saturated carbocycles. The number of carbonyl (C=O) groups is 1. The van der Waals surface area contributed by atoms with Crippen LogP contribution in [0.2, 0.25) is 19.6 Å². The number of amides is 1. The molecule has 30 heavy (non-hydrogen) atoms. The Morgan fingerprint density at radius 1 is 1.30 bits per heavy atom. The molecule has 0 atom stereocenters. The molecule has 0 bridgehead atoms. The van der Waals surface area contributed by atoms with Crippen LogP contribution in [0, 0.1) is 12.8 Å². The standard InChI is InChI=1S/C24H31N3O2Si/c1-8-21(28)26-20-11-17(10-9-16(20)4)22-19-12-18(29-14-15(2)3)13-25-23(19)27-24(22)30(5,6)7/h8-13,15H,1,14H2,2-7H3,(H,25,27)(H,26,28). The molecule has 1 amide bonds. The van der Waals surface area contributed by atoms with E-state index in [1.807, 2.05) is 19.1 Å². The lowest BCUT2D eigenvalue weighted by atomic mass is 10.0. The second-order valence-electron chi connectivity index (χ2n) is 9.12. The average Bonchev–Trinajstić information content (AvgIpc) is 3.07. The summed E-state index contributed by atoms with van der Waals surface area (Å²) in [6, 6.07) is 8.24. The topological polar surface area (TPSA) is 67.0 Å². The highest BCUT2D eigenvalue weighted by Crippen LogP contribution is 2.33. The van der Waals surface area contributed by atoms with Gasteiger partial charge in [0.05, 0.1) is 20.9 Å². The van der Waals surface area contributed by atoms with Crippen molar-refractivity contribution in [2.75, 3.05) is 11.9 Å². The number of rotatable bonds is 7. The Hall–Kier alpha value is -2.86.